The largest absolute Gasteiger partial charge is 0.325 e. The van der Waals surface area contributed by atoms with Crippen LogP contribution < -0.4 is 10.5 Å². The Morgan fingerprint density at radius 3 is 2.45 bits per heavy atom. The quantitative estimate of drug-likeness (QED) is 0.890. The van der Waals surface area contributed by atoms with Crippen LogP contribution in [-0.2, 0) is 14.8 Å². The van der Waals surface area contributed by atoms with Crippen molar-refractivity contribution in [2.45, 2.75) is 37.3 Å². The molecule has 0 bridgehead atoms. The van der Waals surface area contributed by atoms with E-state index in [2.05, 4.69) is 5.32 Å². The van der Waals surface area contributed by atoms with Crippen LogP contribution in [0, 0.1) is 6.92 Å². The lowest BCUT2D eigenvalue weighted by Crippen LogP contribution is -2.20. The zero-order valence-corrected chi connectivity index (χ0v) is 13.7. The first kappa shape index (κ1) is 17.0. The Hall–Kier alpha value is -1.05. The van der Waals surface area contributed by atoms with Crippen molar-refractivity contribution >= 4 is 33.4 Å². The summed E-state index contributed by atoms with van der Waals surface area (Å²) < 4.78 is 22.6. The molecule has 0 fully saturated rings. The Morgan fingerprint density at radius 2 is 1.95 bits per heavy atom. The fourth-order valence-corrected chi connectivity index (χ4v) is 2.56. The van der Waals surface area contributed by atoms with E-state index in [1.807, 2.05) is 20.8 Å². The predicted octanol–water partition coefficient (Wildman–Crippen LogP) is 2.11. The Balaban J connectivity index is 2.85. The molecule has 0 saturated carbocycles. The summed E-state index contributed by atoms with van der Waals surface area (Å²) in [4.78, 5) is 11.8. The Bertz CT molecular complexity index is 605. The number of thioether (sulfide) groups is 1. The van der Waals surface area contributed by atoms with Gasteiger partial charge in [0, 0.05) is 10.4 Å². The molecule has 7 heteroatoms. The Labute approximate surface area is 124 Å². The molecular weight excluding hydrogens is 296 g/mol. The highest BCUT2D eigenvalue weighted by Crippen LogP contribution is 2.24. The number of nitrogens with one attached hydrogen (secondary N) is 1. The second-order valence-electron chi connectivity index (χ2n) is 5.47. The van der Waals surface area contributed by atoms with Crippen LogP contribution in [0.1, 0.15) is 26.3 Å². The van der Waals surface area contributed by atoms with Crippen LogP contribution in [0.3, 0.4) is 0 Å². The number of anilines is 1. The summed E-state index contributed by atoms with van der Waals surface area (Å²) in [5, 5.41) is 7.79. The second kappa shape index (κ2) is 6.15. The molecule has 0 aliphatic carbocycles. The minimum absolute atomic E-state index is 0.00513. The van der Waals surface area contributed by atoms with Gasteiger partial charge < -0.3 is 5.32 Å². The van der Waals surface area contributed by atoms with Gasteiger partial charge in [0.2, 0.25) is 15.9 Å². The third kappa shape index (κ3) is 5.52. The summed E-state index contributed by atoms with van der Waals surface area (Å²) in [5.74, 6) is 0.141. The number of carbonyl (C=O) groups is 1. The van der Waals surface area contributed by atoms with Gasteiger partial charge in [-0.15, -0.1) is 11.8 Å². The molecule has 0 saturated heterocycles. The Kier molecular flexibility index (Phi) is 5.23. The van der Waals surface area contributed by atoms with Gasteiger partial charge in [0.15, 0.2) is 0 Å². The minimum atomic E-state index is -3.77. The molecule has 0 aliphatic rings. The Morgan fingerprint density at radius 1 is 1.35 bits per heavy atom. The van der Waals surface area contributed by atoms with E-state index in [9.17, 15) is 13.2 Å². The van der Waals surface area contributed by atoms with Crippen molar-refractivity contribution < 1.29 is 13.2 Å². The van der Waals surface area contributed by atoms with E-state index < -0.39 is 10.0 Å². The molecule has 0 radical (unpaired) electrons. The molecule has 0 atom stereocenters. The lowest BCUT2D eigenvalue weighted by Gasteiger charge is -2.17. The first-order chi connectivity index (χ1) is 8.99. The van der Waals surface area contributed by atoms with E-state index >= 15 is 0 Å². The van der Waals surface area contributed by atoms with Crippen molar-refractivity contribution in [1.29, 1.82) is 0 Å². The van der Waals surface area contributed by atoms with Gasteiger partial charge in [0.05, 0.1) is 10.6 Å². The smallest absolute Gasteiger partial charge is 0.238 e. The van der Waals surface area contributed by atoms with Crippen LogP contribution in [0.25, 0.3) is 0 Å². The fourth-order valence-electron chi connectivity index (χ4n) is 1.38. The molecule has 0 spiro atoms. The molecule has 1 rings (SSSR count). The third-order valence-electron chi connectivity index (χ3n) is 2.45. The van der Waals surface area contributed by atoms with Crippen molar-refractivity contribution in [1.82, 2.24) is 0 Å². The average molecular weight is 316 g/mol. The monoisotopic (exact) mass is 316 g/mol. The molecule has 1 amide bonds. The van der Waals surface area contributed by atoms with E-state index in [1.165, 1.54) is 23.9 Å². The van der Waals surface area contributed by atoms with Crippen LogP contribution in [0.4, 0.5) is 5.69 Å². The van der Waals surface area contributed by atoms with Crippen molar-refractivity contribution in [2.75, 3.05) is 11.1 Å². The highest BCUT2D eigenvalue weighted by Gasteiger charge is 2.15. The van der Waals surface area contributed by atoms with Gasteiger partial charge in [-0.1, -0.05) is 26.8 Å². The molecule has 112 valence electrons. The molecule has 0 aliphatic heterocycles. The van der Waals surface area contributed by atoms with Crippen molar-refractivity contribution in [3.8, 4) is 0 Å². The summed E-state index contributed by atoms with van der Waals surface area (Å²) in [6, 6.07) is 4.42. The van der Waals surface area contributed by atoms with E-state index in [0.717, 1.165) is 5.56 Å². The summed E-state index contributed by atoms with van der Waals surface area (Å²) in [6.07, 6.45) is 0. The van der Waals surface area contributed by atoms with Gasteiger partial charge in [-0.05, 0) is 24.6 Å². The number of primary sulfonamides is 1. The second-order valence-corrected chi connectivity index (χ2v) is 8.83. The molecule has 3 N–H and O–H groups in total. The van der Waals surface area contributed by atoms with E-state index in [-0.39, 0.29) is 15.5 Å². The lowest BCUT2D eigenvalue weighted by atomic mass is 10.2. The fraction of sp³-hybridized carbons (Fsp3) is 0.462. The maximum Gasteiger partial charge on any atom is 0.238 e. The van der Waals surface area contributed by atoms with E-state index in [4.69, 9.17) is 5.14 Å². The van der Waals surface area contributed by atoms with Crippen molar-refractivity contribution in [2.24, 2.45) is 5.14 Å². The van der Waals surface area contributed by atoms with Crippen LogP contribution in [0.2, 0.25) is 0 Å². The molecule has 20 heavy (non-hydrogen) atoms. The summed E-state index contributed by atoms with van der Waals surface area (Å²) in [6.45, 7) is 7.87. The van der Waals surface area contributed by atoms with Gasteiger partial charge in [-0.2, -0.15) is 0 Å². The number of nitrogens with two attached hydrogens (primary N) is 1. The number of hydrogen-bond donors (Lipinski definition) is 2. The van der Waals surface area contributed by atoms with Crippen LogP contribution >= 0.6 is 11.8 Å². The number of rotatable bonds is 4. The lowest BCUT2D eigenvalue weighted by molar-refractivity contribution is -0.113. The van der Waals surface area contributed by atoms with Gasteiger partial charge in [0.1, 0.15) is 0 Å². The van der Waals surface area contributed by atoms with Crippen molar-refractivity contribution in [3.05, 3.63) is 23.8 Å². The third-order valence-corrected chi connectivity index (χ3v) is 4.63. The molecule has 0 aromatic heterocycles. The number of aryl methyl sites for hydroxylation is 1. The van der Waals surface area contributed by atoms with Gasteiger partial charge in [-0.3, -0.25) is 4.79 Å². The van der Waals surface area contributed by atoms with Gasteiger partial charge >= 0.3 is 0 Å². The standard InChI is InChI=1S/C13H20N2O3S2/c1-9-5-6-10(20(14,17)18)7-11(9)15-12(16)8-19-13(2,3)4/h5-7H,8H2,1-4H3,(H,15,16)(H2,14,17,18). The normalized spacial score (nSPS) is 12.2. The number of carbonyl (C=O) groups excluding carboxylic acids is 1. The zero-order chi connectivity index (χ0) is 15.6. The SMILES string of the molecule is Cc1ccc(S(N)(=O)=O)cc1NC(=O)CSC(C)(C)C. The molecule has 0 unspecified atom stereocenters. The number of amides is 1. The molecule has 1 aromatic carbocycles. The van der Waals surface area contributed by atoms with Crippen LogP contribution in [0.5, 0.6) is 0 Å². The molecule has 0 heterocycles. The minimum Gasteiger partial charge on any atom is -0.325 e. The van der Waals surface area contributed by atoms with Gasteiger partial charge in [-0.25, -0.2) is 13.6 Å². The summed E-state index contributed by atoms with van der Waals surface area (Å²) in [5.41, 5.74) is 1.25. The molecule has 1 aromatic rings. The zero-order valence-electron chi connectivity index (χ0n) is 12.1. The maximum absolute atomic E-state index is 11.9. The average Bonchev–Trinajstić information content (AvgIpc) is 2.27. The van der Waals surface area contributed by atoms with Crippen LogP contribution in [0.15, 0.2) is 23.1 Å². The van der Waals surface area contributed by atoms with Gasteiger partial charge in [0.25, 0.3) is 0 Å². The van der Waals surface area contributed by atoms with E-state index in [1.54, 1.807) is 13.0 Å². The summed E-state index contributed by atoms with van der Waals surface area (Å²) in [7, 11) is -3.77. The number of hydrogen-bond acceptors (Lipinski definition) is 4. The van der Waals surface area contributed by atoms with E-state index in [0.29, 0.717) is 11.4 Å². The van der Waals surface area contributed by atoms with Crippen molar-refractivity contribution in [3.63, 3.8) is 0 Å². The highest BCUT2D eigenvalue weighted by molar-refractivity contribution is 8.01. The molecule has 5 nitrogen and oxygen atoms in total. The number of benzene rings is 1. The summed E-state index contributed by atoms with van der Waals surface area (Å²) >= 11 is 1.52. The van der Waals surface area contributed by atoms with Crippen LogP contribution in [-0.4, -0.2) is 24.8 Å². The topological polar surface area (TPSA) is 89.3 Å². The molecular formula is C13H20N2O3S2. The maximum atomic E-state index is 11.9. The predicted molar refractivity (Wildman–Crippen MR) is 83.4 cm³/mol. The highest BCUT2D eigenvalue weighted by atomic mass is 32.2. The number of sulfonamides is 1. The first-order valence-electron chi connectivity index (χ1n) is 6.06. The first-order valence-corrected chi connectivity index (χ1v) is 8.59.